The molecule has 202 valence electrons. The van der Waals surface area contributed by atoms with E-state index in [2.05, 4.69) is 5.32 Å². The zero-order valence-electron chi connectivity index (χ0n) is 19.3. The number of carboxylic acids is 1. The van der Waals surface area contributed by atoms with Gasteiger partial charge in [-0.3, -0.25) is 14.5 Å². The number of carbonyl (C=O) groups is 3. The molecule has 2 heterocycles. The number of carbonyl (C=O) groups excluding carboxylic acids is 2. The van der Waals surface area contributed by atoms with E-state index in [9.17, 15) is 36.3 Å². The Balaban J connectivity index is 1.40. The van der Waals surface area contributed by atoms with Gasteiger partial charge in [0.25, 0.3) is 5.91 Å². The molecule has 1 fully saturated rings. The van der Waals surface area contributed by atoms with E-state index in [4.69, 9.17) is 17.3 Å². The summed E-state index contributed by atoms with van der Waals surface area (Å²) < 4.78 is 66.8. The highest BCUT2D eigenvalue weighted by molar-refractivity contribution is 8.26. The van der Waals surface area contributed by atoms with Crippen LogP contribution >= 0.6 is 35.3 Å². The van der Waals surface area contributed by atoms with Crippen LogP contribution in [0.4, 0.5) is 27.6 Å². The van der Waals surface area contributed by atoms with Gasteiger partial charge in [-0.25, -0.2) is 13.6 Å². The lowest BCUT2D eigenvalue weighted by molar-refractivity contribution is -0.140. The molecule has 0 atom stereocenters. The van der Waals surface area contributed by atoms with Crippen LogP contribution in [0.1, 0.15) is 27.2 Å². The summed E-state index contributed by atoms with van der Waals surface area (Å²) in [5.41, 5.74) is -1.30. The lowest BCUT2D eigenvalue weighted by atomic mass is 10.0. The average Bonchev–Trinajstić information content (AvgIpc) is 3.41. The number of anilines is 1. The monoisotopic (exact) mass is 598 g/mol. The number of benzene rings is 2. The topological polar surface area (TPSA) is 86.7 Å². The van der Waals surface area contributed by atoms with E-state index >= 15 is 0 Å². The van der Waals surface area contributed by atoms with Crippen molar-refractivity contribution in [3.63, 3.8) is 0 Å². The van der Waals surface area contributed by atoms with Gasteiger partial charge in [0.1, 0.15) is 16.0 Å². The molecule has 0 unspecified atom stereocenters. The number of thioether (sulfide) groups is 1. The molecule has 0 spiro atoms. The number of amides is 2. The molecule has 1 saturated heterocycles. The van der Waals surface area contributed by atoms with Crippen LogP contribution in [0, 0.1) is 11.6 Å². The first-order valence-electron chi connectivity index (χ1n) is 10.9. The van der Waals surface area contributed by atoms with Crippen LogP contribution in [0.5, 0.6) is 0 Å². The third-order valence-electron chi connectivity index (χ3n) is 5.42. The second-order valence-electron chi connectivity index (χ2n) is 8.06. The molecular formula is C25H15F5N2O4S3. The largest absolute Gasteiger partial charge is 0.478 e. The van der Waals surface area contributed by atoms with E-state index < -0.39 is 46.7 Å². The molecule has 2 N–H and O–H groups in total. The predicted molar refractivity (Wildman–Crippen MR) is 141 cm³/mol. The normalized spacial score (nSPS) is 14.8. The zero-order valence-corrected chi connectivity index (χ0v) is 21.8. The number of aromatic carboxylic acids is 1. The summed E-state index contributed by atoms with van der Waals surface area (Å²) in [7, 11) is 0. The van der Waals surface area contributed by atoms with Gasteiger partial charge in [-0.05, 0) is 59.0 Å². The minimum absolute atomic E-state index is 0.0461. The first-order chi connectivity index (χ1) is 18.3. The van der Waals surface area contributed by atoms with E-state index in [1.165, 1.54) is 34.4 Å². The standard InChI is InChI=1S/C25H15F5N2O4S3/c26-18-4-1-12(8-17(18)25(28,29)30)13-7-15(38-11-13)10-20-22(34)32(24(37)39-20)6-5-21(33)31-14-2-3-16(23(35)36)19(27)9-14/h1-4,7-11H,5-6H2,(H,31,33)(H,35,36). The molecule has 1 aliphatic rings. The third-order valence-corrected chi connectivity index (χ3v) is 7.67. The molecule has 0 aliphatic carbocycles. The minimum Gasteiger partial charge on any atom is -0.478 e. The Hall–Kier alpha value is -3.62. The third kappa shape index (κ3) is 6.52. The van der Waals surface area contributed by atoms with Crippen LogP contribution in [-0.2, 0) is 15.8 Å². The molecule has 4 rings (SSSR count). The van der Waals surface area contributed by atoms with Gasteiger partial charge in [0.2, 0.25) is 5.91 Å². The van der Waals surface area contributed by atoms with Crippen LogP contribution < -0.4 is 5.32 Å². The number of carboxylic acid groups (broad SMARTS) is 1. The number of hydrogen-bond donors (Lipinski definition) is 2. The van der Waals surface area contributed by atoms with Crippen molar-refractivity contribution >= 4 is 69.2 Å². The number of hydrogen-bond acceptors (Lipinski definition) is 6. The van der Waals surface area contributed by atoms with Crippen molar-refractivity contribution in [2.24, 2.45) is 0 Å². The summed E-state index contributed by atoms with van der Waals surface area (Å²) in [4.78, 5) is 38.0. The molecule has 2 amide bonds. The smallest absolute Gasteiger partial charge is 0.419 e. The Kier molecular flexibility index (Phi) is 8.18. The maximum atomic E-state index is 13.8. The first-order valence-corrected chi connectivity index (χ1v) is 13.0. The molecule has 0 radical (unpaired) electrons. The average molecular weight is 599 g/mol. The summed E-state index contributed by atoms with van der Waals surface area (Å²) in [5.74, 6) is -4.86. The Morgan fingerprint density at radius 3 is 2.46 bits per heavy atom. The van der Waals surface area contributed by atoms with Crippen molar-refractivity contribution in [3.8, 4) is 11.1 Å². The van der Waals surface area contributed by atoms with Crippen LogP contribution in [0.25, 0.3) is 17.2 Å². The van der Waals surface area contributed by atoms with Crippen LogP contribution in [0.2, 0.25) is 0 Å². The Morgan fingerprint density at radius 1 is 1.05 bits per heavy atom. The number of nitrogens with one attached hydrogen (secondary N) is 1. The van der Waals surface area contributed by atoms with Gasteiger partial charge in [-0.1, -0.05) is 30.0 Å². The zero-order chi connectivity index (χ0) is 28.5. The molecule has 3 aromatic rings. The number of thiocarbonyl (C=S) groups is 1. The SMILES string of the molecule is O=C(CCN1C(=O)C(=Cc2cc(-c3ccc(F)c(C(F)(F)F)c3)cs2)SC1=S)Nc1ccc(C(=O)O)c(F)c1. The quantitative estimate of drug-likeness (QED) is 0.180. The predicted octanol–water partition coefficient (Wildman–Crippen LogP) is 6.64. The summed E-state index contributed by atoms with van der Waals surface area (Å²) >= 11 is 7.40. The minimum atomic E-state index is -4.84. The van der Waals surface area contributed by atoms with E-state index in [0.29, 0.717) is 10.4 Å². The molecule has 0 bridgehead atoms. The number of halogens is 5. The van der Waals surface area contributed by atoms with E-state index in [0.717, 1.165) is 36.0 Å². The Labute approximate surface area is 231 Å². The van der Waals surface area contributed by atoms with Gasteiger partial charge in [-0.2, -0.15) is 13.2 Å². The summed E-state index contributed by atoms with van der Waals surface area (Å²) in [6, 6.07) is 7.38. The first kappa shape index (κ1) is 28.4. The van der Waals surface area contributed by atoms with Crippen molar-refractivity contribution < 1.29 is 41.4 Å². The van der Waals surface area contributed by atoms with Crippen LogP contribution in [0.15, 0.2) is 52.7 Å². The second kappa shape index (κ2) is 11.2. The lowest BCUT2D eigenvalue weighted by Crippen LogP contribution is -2.31. The molecule has 2 aromatic carbocycles. The van der Waals surface area contributed by atoms with Gasteiger partial charge in [0.15, 0.2) is 0 Å². The van der Waals surface area contributed by atoms with Crippen molar-refractivity contribution in [1.82, 2.24) is 4.90 Å². The van der Waals surface area contributed by atoms with Crippen LogP contribution in [-0.4, -0.2) is 38.7 Å². The van der Waals surface area contributed by atoms with Crippen molar-refractivity contribution in [1.29, 1.82) is 0 Å². The lowest BCUT2D eigenvalue weighted by Gasteiger charge is -2.14. The second-order valence-corrected chi connectivity index (χ2v) is 10.7. The Bertz CT molecular complexity index is 1530. The highest BCUT2D eigenvalue weighted by Crippen LogP contribution is 2.37. The maximum Gasteiger partial charge on any atom is 0.419 e. The number of alkyl halides is 3. The Morgan fingerprint density at radius 2 is 1.79 bits per heavy atom. The molecule has 0 saturated carbocycles. The fraction of sp³-hybridized carbons (Fsp3) is 0.120. The fourth-order valence-corrected chi connectivity index (χ4v) is 5.75. The molecular weight excluding hydrogens is 583 g/mol. The van der Waals surface area contributed by atoms with Gasteiger partial charge < -0.3 is 10.4 Å². The van der Waals surface area contributed by atoms with Crippen molar-refractivity contribution in [2.45, 2.75) is 12.6 Å². The molecule has 1 aromatic heterocycles. The van der Waals surface area contributed by atoms with E-state index in [1.807, 2.05) is 0 Å². The van der Waals surface area contributed by atoms with Gasteiger partial charge in [0.05, 0.1) is 16.0 Å². The maximum absolute atomic E-state index is 13.8. The molecule has 1 aliphatic heterocycles. The van der Waals surface area contributed by atoms with E-state index in [1.54, 1.807) is 11.4 Å². The van der Waals surface area contributed by atoms with Crippen LogP contribution in [0.3, 0.4) is 0 Å². The summed E-state index contributed by atoms with van der Waals surface area (Å²) in [5, 5.41) is 12.9. The van der Waals surface area contributed by atoms with E-state index in [-0.39, 0.29) is 33.4 Å². The highest BCUT2D eigenvalue weighted by atomic mass is 32.2. The van der Waals surface area contributed by atoms with Gasteiger partial charge in [0, 0.05) is 23.5 Å². The van der Waals surface area contributed by atoms with Crippen molar-refractivity contribution in [3.05, 3.63) is 80.4 Å². The highest BCUT2D eigenvalue weighted by Gasteiger charge is 2.35. The molecule has 14 heteroatoms. The fourth-order valence-electron chi connectivity index (χ4n) is 3.53. The van der Waals surface area contributed by atoms with Gasteiger partial charge in [-0.15, -0.1) is 11.3 Å². The number of rotatable bonds is 7. The summed E-state index contributed by atoms with van der Waals surface area (Å²) in [6.07, 6.45) is -3.50. The summed E-state index contributed by atoms with van der Waals surface area (Å²) in [6.45, 7) is -0.0744. The molecule has 39 heavy (non-hydrogen) atoms. The van der Waals surface area contributed by atoms with Crippen molar-refractivity contribution in [2.75, 3.05) is 11.9 Å². The number of nitrogens with zero attached hydrogens (tertiary/aromatic N) is 1. The molecule has 6 nitrogen and oxygen atoms in total. The number of thiophene rings is 1. The van der Waals surface area contributed by atoms with Gasteiger partial charge >= 0.3 is 12.1 Å².